The summed E-state index contributed by atoms with van der Waals surface area (Å²) < 4.78 is 4.52. The van der Waals surface area contributed by atoms with Gasteiger partial charge in [0.2, 0.25) is 5.13 Å². The highest BCUT2D eigenvalue weighted by molar-refractivity contribution is 7.09. The van der Waals surface area contributed by atoms with E-state index in [2.05, 4.69) is 24.8 Å². The number of piperazine rings is 1. The van der Waals surface area contributed by atoms with E-state index in [9.17, 15) is 4.79 Å². The molecule has 3 aromatic rings. The van der Waals surface area contributed by atoms with Crippen molar-refractivity contribution in [3.8, 4) is 0 Å². The van der Waals surface area contributed by atoms with Crippen LogP contribution in [-0.4, -0.2) is 59.6 Å². The van der Waals surface area contributed by atoms with Gasteiger partial charge in [-0.1, -0.05) is 35.9 Å². The number of rotatable bonds is 7. The van der Waals surface area contributed by atoms with Gasteiger partial charge in [-0.05, 0) is 42.3 Å². The number of anilines is 2. The molecule has 1 saturated heterocycles. The van der Waals surface area contributed by atoms with E-state index in [1.807, 2.05) is 55.5 Å². The number of urea groups is 1. The lowest BCUT2D eigenvalue weighted by molar-refractivity contribution is 0.240. The van der Waals surface area contributed by atoms with Crippen molar-refractivity contribution in [2.45, 2.75) is 13.3 Å². The predicted octanol–water partition coefficient (Wildman–Crippen LogP) is 4.03. The summed E-state index contributed by atoms with van der Waals surface area (Å²) in [6.45, 7) is 7.14. The van der Waals surface area contributed by atoms with Gasteiger partial charge in [0.15, 0.2) is 0 Å². The minimum Gasteiger partial charge on any atom is -0.344 e. The van der Waals surface area contributed by atoms with Gasteiger partial charge in [-0.15, -0.1) is 0 Å². The van der Waals surface area contributed by atoms with Crippen molar-refractivity contribution >= 4 is 40.0 Å². The largest absolute Gasteiger partial charge is 0.344 e. The molecular weight excluding hydrogens is 444 g/mol. The van der Waals surface area contributed by atoms with Crippen LogP contribution >= 0.6 is 23.1 Å². The zero-order chi connectivity index (χ0) is 22.3. The molecule has 0 saturated carbocycles. The molecule has 0 aliphatic carbocycles. The first-order valence-corrected chi connectivity index (χ1v) is 11.9. The van der Waals surface area contributed by atoms with Crippen molar-refractivity contribution in [2.75, 3.05) is 49.5 Å². The number of nitrogens with zero attached hydrogens (tertiary/aromatic N) is 4. The molecule has 2 heterocycles. The molecule has 32 heavy (non-hydrogen) atoms. The van der Waals surface area contributed by atoms with Gasteiger partial charge in [0.1, 0.15) is 5.82 Å². The highest BCUT2D eigenvalue weighted by Gasteiger charge is 2.20. The summed E-state index contributed by atoms with van der Waals surface area (Å²) in [7, 11) is 0. The molecule has 1 aliphatic heterocycles. The zero-order valence-corrected chi connectivity index (χ0v) is 19.6. The van der Waals surface area contributed by atoms with E-state index in [0.29, 0.717) is 13.0 Å². The number of amides is 2. The average Bonchev–Trinajstić information content (AvgIpc) is 3.24. The van der Waals surface area contributed by atoms with Crippen molar-refractivity contribution in [3.63, 3.8) is 0 Å². The molecule has 0 spiro atoms. The highest BCUT2D eigenvalue weighted by Crippen LogP contribution is 2.21. The molecule has 0 unspecified atom stereocenters. The summed E-state index contributed by atoms with van der Waals surface area (Å²) in [6, 6.07) is 15.4. The van der Waals surface area contributed by atoms with Crippen LogP contribution < -0.4 is 15.5 Å². The van der Waals surface area contributed by atoms with E-state index in [1.54, 1.807) is 0 Å². The second-order valence-electron chi connectivity index (χ2n) is 7.88. The quantitative estimate of drug-likeness (QED) is 0.545. The van der Waals surface area contributed by atoms with Crippen LogP contribution in [0.4, 0.5) is 15.6 Å². The fourth-order valence-electron chi connectivity index (χ4n) is 3.62. The number of aryl methyl sites for hydroxylation is 1. The number of hydrogen-bond acceptors (Lipinski definition) is 6. The second kappa shape index (κ2) is 10.8. The molecule has 1 aromatic heterocycles. The number of benzene rings is 2. The van der Waals surface area contributed by atoms with Crippen molar-refractivity contribution in [2.24, 2.45) is 0 Å². The molecule has 0 radical (unpaired) electrons. The Labute approximate surface area is 197 Å². The summed E-state index contributed by atoms with van der Waals surface area (Å²) in [5.74, 6) is 0.846. The van der Waals surface area contributed by atoms with E-state index in [1.165, 1.54) is 11.5 Å². The van der Waals surface area contributed by atoms with E-state index >= 15 is 0 Å². The summed E-state index contributed by atoms with van der Waals surface area (Å²) in [5.41, 5.74) is 3.08. The Bertz CT molecular complexity index is 1030. The molecule has 0 bridgehead atoms. The monoisotopic (exact) mass is 470 g/mol. The van der Waals surface area contributed by atoms with Crippen LogP contribution in [0.15, 0.2) is 48.5 Å². The van der Waals surface area contributed by atoms with Crippen LogP contribution in [0.2, 0.25) is 5.02 Å². The second-order valence-corrected chi connectivity index (χ2v) is 9.04. The minimum absolute atomic E-state index is 0.170. The smallest absolute Gasteiger partial charge is 0.319 e. The molecule has 4 rings (SSSR count). The number of aromatic nitrogens is 2. The van der Waals surface area contributed by atoms with Crippen molar-refractivity contribution in [1.29, 1.82) is 0 Å². The lowest BCUT2D eigenvalue weighted by Crippen LogP contribution is -2.48. The van der Waals surface area contributed by atoms with Crippen LogP contribution in [0, 0.1) is 6.92 Å². The zero-order valence-electron chi connectivity index (χ0n) is 18.1. The lowest BCUT2D eigenvalue weighted by Gasteiger charge is -2.34. The molecule has 1 aliphatic rings. The van der Waals surface area contributed by atoms with Crippen molar-refractivity contribution < 1.29 is 4.79 Å². The Balaban J connectivity index is 1.17. The number of nitrogens with one attached hydrogen (secondary N) is 2. The molecule has 0 atom stereocenters. The van der Waals surface area contributed by atoms with Gasteiger partial charge in [-0.25, -0.2) is 9.78 Å². The summed E-state index contributed by atoms with van der Waals surface area (Å²) in [6.07, 6.45) is 0.712. The fraction of sp³-hybridized carbons (Fsp3) is 0.348. The van der Waals surface area contributed by atoms with Gasteiger partial charge in [0, 0.05) is 67.9 Å². The maximum atomic E-state index is 12.1. The fourth-order valence-corrected chi connectivity index (χ4v) is 4.48. The van der Waals surface area contributed by atoms with Gasteiger partial charge >= 0.3 is 6.03 Å². The maximum absolute atomic E-state index is 12.1. The average molecular weight is 471 g/mol. The van der Waals surface area contributed by atoms with Crippen molar-refractivity contribution in [3.05, 3.63) is 70.5 Å². The highest BCUT2D eigenvalue weighted by atomic mass is 35.5. The molecule has 168 valence electrons. The third-order valence-electron chi connectivity index (χ3n) is 5.37. The number of carbonyl (C=O) groups is 1. The Morgan fingerprint density at radius 1 is 1.12 bits per heavy atom. The summed E-state index contributed by atoms with van der Waals surface area (Å²) in [5, 5.41) is 7.52. The molecule has 7 nitrogen and oxygen atoms in total. The standard InChI is InChI=1S/C23H27ClN6OS/c1-17-3-2-4-20(15-17)26-22(31)25-9-10-29-11-13-30(14-12-29)23-27-21(28-32-23)16-18-5-7-19(24)8-6-18/h2-8,15H,9-14,16H2,1H3,(H2,25,26,31). The van der Waals surface area contributed by atoms with Crippen LogP contribution in [0.1, 0.15) is 17.0 Å². The van der Waals surface area contributed by atoms with E-state index < -0.39 is 0 Å². The van der Waals surface area contributed by atoms with E-state index in [4.69, 9.17) is 16.6 Å². The van der Waals surface area contributed by atoms with Crippen LogP contribution in [-0.2, 0) is 6.42 Å². The first-order chi connectivity index (χ1) is 15.5. The minimum atomic E-state index is -0.170. The van der Waals surface area contributed by atoms with Crippen molar-refractivity contribution in [1.82, 2.24) is 19.6 Å². The van der Waals surface area contributed by atoms with Gasteiger partial charge in [0.05, 0.1) is 0 Å². The molecule has 2 aromatic carbocycles. The Morgan fingerprint density at radius 3 is 2.66 bits per heavy atom. The van der Waals surface area contributed by atoms with Gasteiger partial charge in [-0.2, -0.15) is 4.37 Å². The van der Waals surface area contributed by atoms with Crippen LogP contribution in [0.25, 0.3) is 0 Å². The summed E-state index contributed by atoms with van der Waals surface area (Å²) >= 11 is 7.41. The summed E-state index contributed by atoms with van der Waals surface area (Å²) in [4.78, 5) is 21.5. The first kappa shape index (κ1) is 22.5. The molecule has 2 N–H and O–H groups in total. The van der Waals surface area contributed by atoms with Crippen LogP contribution in [0.3, 0.4) is 0 Å². The van der Waals surface area contributed by atoms with Gasteiger partial charge in [0.25, 0.3) is 0 Å². The third-order valence-corrected chi connectivity index (χ3v) is 6.43. The third kappa shape index (κ3) is 6.41. The van der Waals surface area contributed by atoms with Gasteiger partial charge < -0.3 is 15.5 Å². The Morgan fingerprint density at radius 2 is 1.91 bits per heavy atom. The normalized spacial score (nSPS) is 14.4. The van der Waals surface area contributed by atoms with E-state index in [0.717, 1.165) is 65.5 Å². The Hall–Kier alpha value is -2.68. The molecule has 1 fully saturated rings. The van der Waals surface area contributed by atoms with Crippen LogP contribution in [0.5, 0.6) is 0 Å². The number of hydrogen-bond donors (Lipinski definition) is 2. The van der Waals surface area contributed by atoms with E-state index in [-0.39, 0.29) is 6.03 Å². The van der Waals surface area contributed by atoms with Gasteiger partial charge in [-0.3, -0.25) is 4.90 Å². The molecular formula is C23H27ClN6OS. The first-order valence-electron chi connectivity index (χ1n) is 10.7. The maximum Gasteiger partial charge on any atom is 0.319 e. The number of halogens is 1. The molecule has 9 heteroatoms. The Kier molecular flexibility index (Phi) is 7.57. The lowest BCUT2D eigenvalue weighted by atomic mass is 10.1. The predicted molar refractivity (Wildman–Crippen MR) is 131 cm³/mol. The SMILES string of the molecule is Cc1cccc(NC(=O)NCCN2CCN(c3nc(Cc4ccc(Cl)cc4)ns3)CC2)c1. The number of carbonyl (C=O) groups excluding carboxylic acids is 1. The molecule has 2 amide bonds. The topological polar surface area (TPSA) is 73.4 Å².